The number of halogens is 1. The predicted molar refractivity (Wildman–Crippen MR) is 130 cm³/mol. The van der Waals surface area contributed by atoms with Crippen LogP contribution < -0.4 is 15.4 Å². The van der Waals surface area contributed by atoms with E-state index in [0.717, 1.165) is 50.7 Å². The van der Waals surface area contributed by atoms with E-state index in [2.05, 4.69) is 41.6 Å². The minimum Gasteiger partial charge on any atom is -0.496 e. The highest BCUT2D eigenvalue weighted by Gasteiger charge is 2.20. The Morgan fingerprint density at radius 1 is 1.34 bits per heavy atom. The summed E-state index contributed by atoms with van der Waals surface area (Å²) in [7, 11) is 1.70. The van der Waals surface area contributed by atoms with Crippen molar-refractivity contribution in [1.29, 1.82) is 0 Å². The van der Waals surface area contributed by atoms with Crippen LogP contribution in [0.1, 0.15) is 44.2 Å². The first-order valence-corrected chi connectivity index (χ1v) is 10.5. The minimum absolute atomic E-state index is 0. The molecule has 7 heteroatoms. The molecule has 1 heterocycles. The second-order valence-electron chi connectivity index (χ2n) is 7.59. The van der Waals surface area contributed by atoms with Crippen molar-refractivity contribution < 1.29 is 9.53 Å². The molecule has 1 saturated heterocycles. The van der Waals surface area contributed by atoms with E-state index < -0.39 is 0 Å². The van der Waals surface area contributed by atoms with Crippen molar-refractivity contribution in [1.82, 2.24) is 15.5 Å². The number of rotatable bonds is 8. The fourth-order valence-electron chi connectivity index (χ4n) is 3.60. The van der Waals surface area contributed by atoms with Crippen LogP contribution in [-0.4, -0.2) is 56.6 Å². The summed E-state index contributed by atoms with van der Waals surface area (Å²) in [6.45, 7) is 10.2. The molecule has 1 aliphatic heterocycles. The van der Waals surface area contributed by atoms with E-state index in [4.69, 9.17) is 4.74 Å². The molecule has 6 nitrogen and oxygen atoms in total. The maximum absolute atomic E-state index is 12.4. The van der Waals surface area contributed by atoms with Crippen LogP contribution in [-0.2, 0) is 11.2 Å². The molecule has 0 aromatic heterocycles. The van der Waals surface area contributed by atoms with E-state index >= 15 is 0 Å². The summed E-state index contributed by atoms with van der Waals surface area (Å²) in [5.41, 5.74) is 2.40. The summed E-state index contributed by atoms with van der Waals surface area (Å²) in [4.78, 5) is 19.0. The average molecular weight is 516 g/mol. The molecule has 29 heavy (non-hydrogen) atoms. The van der Waals surface area contributed by atoms with Gasteiger partial charge in [-0.05, 0) is 50.7 Å². The van der Waals surface area contributed by atoms with Crippen LogP contribution in [0.25, 0.3) is 0 Å². The molecule has 1 unspecified atom stereocenters. The molecule has 0 spiro atoms. The van der Waals surface area contributed by atoms with Gasteiger partial charge in [0, 0.05) is 32.6 Å². The molecule has 1 aromatic rings. The average Bonchev–Trinajstić information content (AvgIpc) is 2.68. The van der Waals surface area contributed by atoms with Gasteiger partial charge < -0.3 is 20.3 Å². The van der Waals surface area contributed by atoms with Gasteiger partial charge in [0.25, 0.3) is 0 Å². The summed E-state index contributed by atoms with van der Waals surface area (Å²) in [6, 6.07) is 6.22. The lowest BCUT2D eigenvalue weighted by Crippen LogP contribution is -2.40. The van der Waals surface area contributed by atoms with Crippen molar-refractivity contribution in [3.8, 4) is 5.75 Å². The number of aryl methyl sites for hydroxylation is 1. The minimum atomic E-state index is 0. The fourth-order valence-corrected chi connectivity index (χ4v) is 3.60. The summed E-state index contributed by atoms with van der Waals surface area (Å²) in [6.07, 6.45) is 3.65. The van der Waals surface area contributed by atoms with Crippen molar-refractivity contribution in [2.24, 2.45) is 10.9 Å². The maximum Gasteiger partial charge on any atom is 0.224 e. The molecule has 1 fully saturated rings. The summed E-state index contributed by atoms with van der Waals surface area (Å²) in [5.74, 6) is 2.50. The van der Waals surface area contributed by atoms with Gasteiger partial charge in [0.2, 0.25) is 5.91 Å². The lowest BCUT2D eigenvalue weighted by atomic mass is 10.00. The third-order valence-corrected chi connectivity index (χ3v) is 5.07. The first-order chi connectivity index (χ1) is 13.5. The Hall–Kier alpha value is -1.51. The van der Waals surface area contributed by atoms with E-state index in [1.165, 1.54) is 17.5 Å². The van der Waals surface area contributed by atoms with Crippen LogP contribution in [0.5, 0.6) is 5.75 Å². The van der Waals surface area contributed by atoms with Gasteiger partial charge in [-0.1, -0.05) is 24.6 Å². The Morgan fingerprint density at radius 2 is 2.14 bits per heavy atom. The molecule has 1 aromatic carbocycles. The molecular weight excluding hydrogens is 479 g/mol. The molecule has 1 aliphatic rings. The molecule has 164 valence electrons. The normalized spacial score (nSPS) is 16.8. The molecule has 2 N–H and O–H groups in total. The third kappa shape index (κ3) is 8.80. The van der Waals surface area contributed by atoms with Gasteiger partial charge in [-0.2, -0.15) is 0 Å². The van der Waals surface area contributed by atoms with Crippen LogP contribution in [0.2, 0.25) is 0 Å². The SMILES string of the molecule is CCNC(=NCCC(=O)N1CCCC(C)C1)NCCc1cc(C)ccc1OC.I. The first kappa shape index (κ1) is 25.5. The predicted octanol–water partition coefficient (Wildman–Crippen LogP) is 3.37. The van der Waals surface area contributed by atoms with E-state index in [-0.39, 0.29) is 29.9 Å². The fraction of sp³-hybridized carbons (Fsp3) is 0.636. The number of nitrogens with one attached hydrogen (secondary N) is 2. The molecule has 1 atom stereocenters. The quantitative estimate of drug-likeness (QED) is 0.316. The summed E-state index contributed by atoms with van der Waals surface area (Å²) in [5, 5.41) is 6.61. The number of guanidine groups is 1. The van der Waals surface area contributed by atoms with Crippen LogP contribution in [0, 0.1) is 12.8 Å². The van der Waals surface area contributed by atoms with Crippen LogP contribution in [0.3, 0.4) is 0 Å². The number of benzene rings is 1. The Bertz CT molecular complexity index is 666. The highest BCUT2D eigenvalue weighted by molar-refractivity contribution is 14.0. The van der Waals surface area contributed by atoms with E-state index in [0.29, 0.717) is 18.9 Å². The Morgan fingerprint density at radius 3 is 2.83 bits per heavy atom. The number of aliphatic imine (C=N–C) groups is 1. The van der Waals surface area contributed by atoms with Crippen LogP contribution >= 0.6 is 24.0 Å². The van der Waals surface area contributed by atoms with Crippen LogP contribution in [0.15, 0.2) is 23.2 Å². The summed E-state index contributed by atoms with van der Waals surface area (Å²) >= 11 is 0. The van der Waals surface area contributed by atoms with Gasteiger partial charge >= 0.3 is 0 Å². The number of carbonyl (C=O) groups is 1. The van der Waals surface area contributed by atoms with Gasteiger partial charge in [0.1, 0.15) is 5.75 Å². The van der Waals surface area contributed by atoms with Gasteiger partial charge in [0.15, 0.2) is 5.96 Å². The zero-order chi connectivity index (χ0) is 20.4. The Kier molecular flexibility index (Phi) is 12.0. The lowest BCUT2D eigenvalue weighted by Gasteiger charge is -2.30. The second-order valence-corrected chi connectivity index (χ2v) is 7.59. The van der Waals surface area contributed by atoms with Crippen molar-refractivity contribution in [3.63, 3.8) is 0 Å². The largest absolute Gasteiger partial charge is 0.496 e. The number of piperidine rings is 1. The zero-order valence-electron chi connectivity index (χ0n) is 18.3. The standard InChI is InChI=1S/C22H36N4O2.HI/c1-5-23-22(24-12-10-19-15-17(2)8-9-20(19)28-4)25-13-11-21(27)26-14-6-7-18(3)16-26;/h8-9,15,18H,5-7,10-14,16H2,1-4H3,(H2,23,24,25);1H. The Balaban J connectivity index is 0.00000420. The van der Waals surface area contributed by atoms with E-state index in [1.807, 2.05) is 17.9 Å². The molecule has 0 saturated carbocycles. The van der Waals surface area contributed by atoms with Crippen molar-refractivity contribution in [2.75, 3.05) is 39.8 Å². The Labute approximate surface area is 192 Å². The van der Waals surface area contributed by atoms with Crippen molar-refractivity contribution in [2.45, 2.75) is 46.5 Å². The number of methoxy groups -OCH3 is 1. The molecule has 1 amide bonds. The number of nitrogens with zero attached hydrogens (tertiary/aromatic N) is 2. The van der Waals surface area contributed by atoms with Gasteiger partial charge in [0.05, 0.1) is 13.7 Å². The highest BCUT2D eigenvalue weighted by atomic mass is 127. The van der Waals surface area contributed by atoms with Gasteiger partial charge in [-0.25, -0.2) is 0 Å². The molecular formula is C22H37IN4O2. The number of carbonyl (C=O) groups excluding carboxylic acids is 1. The summed E-state index contributed by atoms with van der Waals surface area (Å²) < 4.78 is 5.45. The lowest BCUT2D eigenvalue weighted by molar-refractivity contribution is -0.132. The van der Waals surface area contributed by atoms with Crippen molar-refractivity contribution >= 4 is 35.8 Å². The van der Waals surface area contributed by atoms with Gasteiger partial charge in [-0.15, -0.1) is 24.0 Å². The van der Waals surface area contributed by atoms with Crippen LogP contribution in [0.4, 0.5) is 0 Å². The van der Waals surface area contributed by atoms with Gasteiger partial charge in [-0.3, -0.25) is 9.79 Å². The van der Waals surface area contributed by atoms with E-state index in [9.17, 15) is 4.79 Å². The topological polar surface area (TPSA) is 66.0 Å². The number of amides is 1. The molecule has 0 radical (unpaired) electrons. The highest BCUT2D eigenvalue weighted by Crippen LogP contribution is 2.19. The number of hydrogen-bond acceptors (Lipinski definition) is 3. The third-order valence-electron chi connectivity index (χ3n) is 5.07. The second kappa shape index (κ2) is 13.7. The number of hydrogen-bond donors (Lipinski definition) is 2. The first-order valence-electron chi connectivity index (χ1n) is 10.5. The molecule has 0 bridgehead atoms. The van der Waals surface area contributed by atoms with E-state index in [1.54, 1.807) is 7.11 Å². The molecule has 0 aliphatic carbocycles. The molecule has 2 rings (SSSR count). The zero-order valence-corrected chi connectivity index (χ0v) is 20.6. The number of ether oxygens (including phenoxy) is 1. The van der Waals surface area contributed by atoms with Crippen molar-refractivity contribution in [3.05, 3.63) is 29.3 Å². The maximum atomic E-state index is 12.4. The number of likely N-dealkylation sites (tertiary alicyclic amines) is 1. The monoisotopic (exact) mass is 516 g/mol. The smallest absolute Gasteiger partial charge is 0.224 e.